The molecule has 1 heterocycles. The molecule has 0 aromatic carbocycles. The lowest BCUT2D eigenvalue weighted by Crippen LogP contribution is -2.27. The van der Waals surface area contributed by atoms with Gasteiger partial charge in [0.2, 0.25) is 10.0 Å². The molecule has 0 aromatic rings. The zero-order chi connectivity index (χ0) is 10.4. The first-order valence-electron chi connectivity index (χ1n) is 5.00. The Bertz CT molecular complexity index is 296. The molecule has 0 radical (unpaired) electrons. The van der Waals surface area contributed by atoms with E-state index in [1.54, 1.807) is 6.92 Å². The molecule has 0 amide bonds. The summed E-state index contributed by atoms with van der Waals surface area (Å²) in [6, 6.07) is 0. The Morgan fingerprint density at radius 3 is 2.93 bits per heavy atom. The minimum atomic E-state index is -3.01. The van der Waals surface area contributed by atoms with Crippen molar-refractivity contribution in [2.75, 3.05) is 25.4 Å². The molecule has 14 heavy (non-hydrogen) atoms. The van der Waals surface area contributed by atoms with Gasteiger partial charge in [0.15, 0.2) is 0 Å². The normalized spacial score (nSPS) is 17.9. The van der Waals surface area contributed by atoms with Gasteiger partial charge in [-0.1, -0.05) is 11.6 Å². The molecular weight excluding hydrogens is 200 g/mol. The molecule has 0 aliphatic carbocycles. The Hall–Kier alpha value is -0.390. The fourth-order valence-corrected chi connectivity index (χ4v) is 1.98. The Kier molecular flexibility index (Phi) is 4.57. The predicted molar refractivity (Wildman–Crippen MR) is 57.7 cm³/mol. The molecule has 0 fully saturated rings. The van der Waals surface area contributed by atoms with Gasteiger partial charge in [-0.15, -0.1) is 0 Å². The Morgan fingerprint density at radius 2 is 2.36 bits per heavy atom. The number of nitrogens with one attached hydrogen (secondary N) is 2. The standard InChI is InChI=1S/C9H18N2O2S/c1-2-14(12,13)11-8-5-9-3-6-10-7-4-9/h3,10-11H,2,4-8H2,1H3. The van der Waals surface area contributed by atoms with Crippen LogP contribution < -0.4 is 10.0 Å². The maximum Gasteiger partial charge on any atom is 0.211 e. The quantitative estimate of drug-likeness (QED) is 0.650. The maximum atomic E-state index is 11.1. The highest BCUT2D eigenvalue weighted by atomic mass is 32.2. The van der Waals surface area contributed by atoms with Gasteiger partial charge in [0, 0.05) is 13.1 Å². The summed E-state index contributed by atoms with van der Waals surface area (Å²) < 4.78 is 24.8. The Balaban J connectivity index is 2.24. The summed E-state index contributed by atoms with van der Waals surface area (Å²) in [4.78, 5) is 0. The van der Waals surface area contributed by atoms with Crippen LogP contribution >= 0.6 is 0 Å². The van der Waals surface area contributed by atoms with Gasteiger partial charge in [0.1, 0.15) is 0 Å². The van der Waals surface area contributed by atoms with E-state index in [-0.39, 0.29) is 5.75 Å². The highest BCUT2D eigenvalue weighted by molar-refractivity contribution is 7.89. The maximum absolute atomic E-state index is 11.1. The first kappa shape index (κ1) is 11.7. The van der Waals surface area contributed by atoms with Crippen LogP contribution in [0.15, 0.2) is 11.6 Å². The highest BCUT2D eigenvalue weighted by Gasteiger charge is 2.07. The third kappa shape index (κ3) is 4.21. The molecule has 1 rings (SSSR count). The zero-order valence-corrected chi connectivity index (χ0v) is 9.36. The summed E-state index contributed by atoms with van der Waals surface area (Å²) in [5.41, 5.74) is 1.35. The van der Waals surface area contributed by atoms with Crippen LogP contribution in [0.5, 0.6) is 0 Å². The van der Waals surface area contributed by atoms with Crippen LogP contribution in [0, 0.1) is 0 Å². The largest absolute Gasteiger partial charge is 0.313 e. The van der Waals surface area contributed by atoms with Gasteiger partial charge in [-0.2, -0.15) is 0 Å². The summed E-state index contributed by atoms with van der Waals surface area (Å²) in [5.74, 6) is 0.160. The van der Waals surface area contributed by atoms with Crippen molar-refractivity contribution in [2.45, 2.75) is 19.8 Å². The van der Waals surface area contributed by atoms with Crippen LogP contribution in [0.2, 0.25) is 0 Å². The van der Waals surface area contributed by atoms with Crippen molar-refractivity contribution in [2.24, 2.45) is 0 Å². The summed E-state index contributed by atoms with van der Waals surface area (Å²) in [6.45, 7) is 4.09. The minimum Gasteiger partial charge on any atom is -0.313 e. The van der Waals surface area contributed by atoms with E-state index in [0.29, 0.717) is 6.54 Å². The summed E-state index contributed by atoms with van der Waals surface area (Å²) in [6.07, 6.45) is 4.01. The Morgan fingerprint density at radius 1 is 1.57 bits per heavy atom. The fraction of sp³-hybridized carbons (Fsp3) is 0.778. The number of rotatable bonds is 5. The second kappa shape index (κ2) is 5.48. The first-order valence-corrected chi connectivity index (χ1v) is 6.65. The smallest absolute Gasteiger partial charge is 0.211 e. The monoisotopic (exact) mass is 218 g/mol. The van der Waals surface area contributed by atoms with E-state index < -0.39 is 10.0 Å². The van der Waals surface area contributed by atoms with E-state index in [0.717, 1.165) is 25.9 Å². The first-order chi connectivity index (χ1) is 6.64. The molecule has 82 valence electrons. The highest BCUT2D eigenvalue weighted by Crippen LogP contribution is 2.07. The van der Waals surface area contributed by atoms with E-state index in [4.69, 9.17) is 0 Å². The number of hydrogen-bond donors (Lipinski definition) is 2. The topological polar surface area (TPSA) is 58.2 Å². The molecule has 1 aliphatic heterocycles. The number of hydrogen-bond acceptors (Lipinski definition) is 3. The lowest BCUT2D eigenvalue weighted by Gasteiger charge is -2.13. The van der Waals surface area contributed by atoms with Crippen molar-refractivity contribution in [1.82, 2.24) is 10.0 Å². The van der Waals surface area contributed by atoms with Crippen molar-refractivity contribution in [3.63, 3.8) is 0 Å². The molecule has 0 bridgehead atoms. The molecule has 0 aromatic heterocycles. The van der Waals surface area contributed by atoms with Crippen LogP contribution in [0.4, 0.5) is 0 Å². The molecule has 1 aliphatic rings. The minimum absolute atomic E-state index is 0.160. The predicted octanol–water partition coefficient (Wildman–Crippen LogP) is 0.235. The lowest BCUT2D eigenvalue weighted by molar-refractivity contribution is 0.581. The number of sulfonamides is 1. The summed E-state index contributed by atoms with van der Waals surface area (Å²) >= 11 is 0. The average molecular weight is 218 g/mol. The molecule has 0 saturated carbocycles. The van der Waals surface area contributed by atoms with Gasteiger partial charge < -0.3 is 5.32 Å². The SMILES string of the molecule is CCS(=O)(=O)NCCC1=CCNCC1. The van der Waals surface area contributed by atoms with Gasteiger partial charge in [0.05, 0.1) is 5.75 Å². The average Bonchev–Trinajstić information content (AvgIpc) is 2.19. The van der Waals surface area contributed by atoms with Gasteiger partial charge in [-0.3, -0.25) is 0 Å². The van der Waals surface area contributed by atoms with E-state index in [1.165, 1.54) is 5.57 Å². The third-order valence-corrected chi connectivity index (χ3v) is 3.71. The van der Waals surface area contributed by atoms with Crippen LogP contribution in [-0.4, -0.2) is 33.8 Å². The molecule has 0 spiro atoms. The van der Waals surface area contributed by atoms with Crippen LogP contribution in [0.1, 0.15) is 19.8 Å². The van der Waals surface area contributed by atoms with Crippen molar-refractivity contribution in [3.8, 4) is 0 Å². The van der Waals surface area contributed by atoms with E-state index >= 15 is 0 Å². The van der Waals surface area contributed by atoms with Gasteiger partial charge in [-0.25, -0.2) is 13.1 Å². The van der Waals surface area contributed by atoms with Crippen molar-refractivity contribution in [1.29, 1.82) is 0 Å². The molecule has 4 nitrogen and oxygen atoms in total. The third-order valence-electron chi connectivity index (χ3n) is 2.31. The lowest BCUT2D eigenvalue weighted by atomic mass is 10.1. The second-order valence-corrected chi connectivity index (χ2v) is 5.46. The molecule has 0 unspecified atom stereocenters. The zero-order valence-electron chi connectivity index (χ0n) is 8.54. The van der Waals surface area contributed by atoms with Gasteiger partial charge in [-0.05, 0) is 26.3 Å². The van der Waals surface area contributed by atoms with Crippen molar-refractivity contribution >= 4 is 10.0 Å². The molecule has 2 N–H and O–H groups in total. The van der Waals surface area contributed by atoms with Crippen LogP contribution in [-0.2, 0) is 10.0 Å². The van der Waals surface area contributed by atoms with Crippen LogP contribution in [0.25, 0.3) is 0 Å². The van der Waals surface area contributed by atoms with Crippen molar-refractivity contribution in [3.05, 3.63) is 11.6 Å². The van der Waals surface area contributed by atoms with E-state index in [1.807, 2.05) is 0 Å². The van der Waals surface area contributed by atoms with E-state index in [2.05, 4.69) is 16.1 Å². The van der Waals surface area contributed by atoms with Gasteiger partial charge >= 0.3 is 0 Å². The second-order valence-electron chi connectivity index (χ2n) is 3.36. The van der Waals surface area contributed by atoms with Crippen LogP contribution in [0.3, 0.4) is 0 Å². The van der Waals surface area contributed by atoms with E-state index in [9.17, 15) is 8.42 Å². The molecular formula is C9H18N2O2S. The summed E-state index contributed by atoms with van der Waals surface area (Å²) in [5, 5.41) is 3.22. The molecule has 5 heteroatoms. The van der Waals surface area contributed by atoms with Gasteiger partial charge in [0.25, 0.3) is 0 Å². The molecule has 0 saturated heterocycles. The molecule has 0 atom stereocenters. The summed E-state index contributed by atoms with van der Waals surface area (Å²) in [7, 11) is -3.01. The Labute approximate surface area is 85.8 Å². The fourth-order valence-electron chi connectivity index (χ4n) is 1.37. The van der Waals surface area contributed by atoms with Crippen molar-refractivity contribution < 1.29 is 8.42 Å².